The van der Waals surface area contributed by atoms with Gasteiger partial charge in [-0.25, -0.2) is 0 Å². The topological polar surface area (TPSA) is 37.8 Å². The van der Waals surface area contributed by atoms with E-state index in [4.69, 9.17) is 0 Å². The maximum absolute atomic E-state index is 4.21. The predicted octanol–water partition coefficient (Wildman–Crippen LogP) is 3.91. The molecule has 0 aliphatic carbocycles. The van der Waals surface area contributed by atoms with E-state index in [0.29, 0.717) is 6.04 Å². The first-order valence-corrected chi connectivity index (χ1v) is 8.91. The average Bonchev–Trinajstić information content (AvgIpc) is 2.85. The minimum Gasteiger partial charge on any atom is -0.310 e. The number of rotatable bonds is 6. The lowest BCUT2D eigenvalue weighted by Gasteiger charge is -2.11. The zero-order valence-electron chi connectivity index (χ0n) is 11.2. The van der Waals surface area contributed by atoms with Gasteiger partial charge in [-0.15, -0.1) is 10.2 Å². The molecular formula is C13H17N3S3. The Hall–Kier alpha value is -0.560. The molecule has 0 fully saturated rings. The smallest absolute Gasteiger partial charge is 0.179 e. The van der Waals surface area contributed by atoms with Crippen LogP contribution in [0.5, 0.6) is 0 Å². The molecule has 0 saturated heterocycles. The summed E-state index contributed by atoms with van der Waals surface area (Å²) in [5, 5.41) is 11.8. The van der Waals surface area contributed by atoms with Gasteiger partial charge in [0.25, 0.3) is 0 Å². The molecule has 0 spiro atoms. The van der Waals surface area contributed by atoms with E-state index in [1.54, 1.807) is 34.9 Å². The summed E-state index contributed by atoms with van der Waals surface area (Å²) in [5.74, 6) is 0. The van der Waals surface area contributed by atoms with E-state index >= 15 is 0 Å². The van der Waals surface area contributed by atoms with Gasteiger partial charge in [-0.3, -0.25) is 0 Å². The van der Waals surface area contributed by atoms with Crippen LogP contribution in [0.2, 0.25) is 0 Å². The molecule has 6 heteroatoms. The third-order valence-corrected chi connectivity index (χ3v) is 5.50. The summed E-state index contributed by atoms with van der Waals surface area (Å²) in [6, 6.07) is 8.94. The number of thioether (sulfide) groups is 1. The van der Waals surface area contributed by atoms with Crippen molar-refractivity contribution in [3.63, 3.8) is 0 Å². The van der Waals surface area contributed by atoms with E-state index in [1.165, 1.54) is 10.5 Å². The molecule has 1 aromatic heterocycles. The van der Waals surface area contributed by atoms with Crippen LogP contribution in [0, 0.1) is 0 Å². The molecule has 0 radical (unpaired) electrons. The third kappa shape index (κ3) is 4.49. The summed E-state index contributed by atoms with van der Waals surface area (Å²) in [7, 11) is 0. The predicted molar refractivity (Wildman–Crippen MR) is 84.2 cm³/mol. The van der Waals surface area contributed by atoms with Crippen molar-refractivity contribution in [2.24, 2.45) is 0 Å². The van der Waals surface area contributed by atoms with Crippen molar-refractivity contribution in [1.82, 2.24) is 15.5 Å². The standard InChI is InChI=1S/C13H17N3S3/c1-9(2)14-8-10-6-4-5-7-11(10)18-13-16-15-12(17-3)19-13/h4-7,9,14H,8H2,1-3H3. The van der Waals surface area contributed by atoms with Crippen molar-refractivity contribution in [3.8, 4) is 0 Å². The molecule has 0 bridgehead atoms. The van der Waals surface area contributed by atoms with Crippen LogP contribution in [-0.4, -0.2) is 22.5 Å². The maximum atomic E-state index is 4.21. The number of benzene rings is 1. The number of nitrogens with zero attached hydrogens (tertiary/aromatic N) is 2. The largest absolute Gasteiger partial charge is 0.310 e. The van der Waals surface area contributed by atoms with Crippen molar-refractivity contribution >= 4 is 34.9 Å². The molecule has 2 rings (SSSR count). The molecule has 0 atom stereocenters. The fourth-order valence-corrected chi connectivity index (χ4v) is 4.00. The van der Waals surface area contributed by atoms with Crippen LogP contribution in [-0.2, 0) is 6.54 Å². The molecule has 2 aromatic rings. The van der Waals surface area contributed by atoms with Gasteiger partial charge in [0.05, 0.1) is 0 Å². The first-order chi connectivity index (χ1) is 9.19. The minimum atomic E-state index is 0.489. The van der Waals surface area contributed by atoms with E-state index in [9.17, 15) is 0 Å². The Morgan fingerprint density at radius 3 is 2.63 bits per heavy atom. The van der Waals surface area contributed by atoms with Gasteiger partial charge in [0.2, 0.25) is 0 Å². The Kier molecular flexibility index (Phi) is 5.69. The Bertz CT molecular complexity index is 525. The lowest BCUT2D eigenvalue weighted by atomic mass is 10.2. The van der Waals surface area contributed by atoms with E-state index in [1.807, 2.05) is 6.26 Å². The third-order valence-electron chi connectivity index (χ3n) is 2.43. The normalized spacial score (nSPS) is 11.2. The van der Waals surface area contributed by atoms with E-state index in [0.717, 1.165) is 15.2 Å². The molecule has 1 heterocycles. The number of hydrogen-bond acceptors (Lipinski definition) is 6. The van der Waals surface area contributed by atoms with Crippen molar-refractivity contribution in [2.75, 3.05) is 6.26 Å². The summed E-state index contributed by atoms with van der Waals surface area (Å²) in [6.45, 7) is 5.20. The van der Waals surface area contributed by atoms with Crippen LogP contribution in [0.1, 0.15) is 19.4 Å². The second-order valence-electron chi connectivity index (χ2n) is 4.28. The van der Waals surface area contributed by atoms with Crippen LogP contribution in [0.4, 0.5) is 0 Å². The van der Waals surface area contributed by atoms with E-state index in [2.05, 4.69) is 53.6 Å². The van der Waals surface area contributed by atoms with Crippen LogP contribution < -0.4 is 5.32 Å². The zero-order valence-corrected chi connectivity index (χ0v) is 13.7. The van der Waals surface area contributed by atoms with Gasteiger partial charge in [0.15, 0.2) is 8.68 Å². The van der Waals surface area contributed by atoms with Crippen LogP contribution in [0.15, 0.2) is 37.8 Å². The van der Waals surface area contributed by atoms with Crippen molar-refractivity contribution in [3.05, 3.63) is 29.8 Å². The highest BCUT2D eigenvalue weighted by Gasteiger charge is 2.08. The summed E-state index contributed by atoms with van der Waals surface area (Å²) < 4.78 is 2.02. The molecule has 3 nitrogen and oxygen atoms in total. The van der Waals surface area contributed by atoms with Crippen molar-refractivity contribution < 1.29 is 0 Å². The highest BCUT2D eigenvalue weighted by Crippen LogP contribution is 2.34. The van der Waals surface area contributed by atoms with Crippen LogP contribution >= 0.6 is 34.9 Å². The highest BCUT2D eigenvalue weighted by atomic mass is 32.2. The highest BCUT2D eigenvalue weighted by molar-refractivity contribution is 8.03. The van der Waals surface area contributed by atoms with E-state index in [-0.39, 0.29) is 0 Å². The molecular weight excluding hydrogens is 294 g/mol. The van der Waals surface area contributed by atoms with Crippen molar-refractivity contribution in [2.45, 2.75) is 40.0 Å². The Balaban J connectivity index is 2.10. The minimum absolute atomic E-state index is 0.489. The number of nitrogens with one attached hydrogen (secondary N) is 1. The maximum Gasteiger partial charge on any atom is 0.179 e. The summed E-state index contributed by atoms with van der Waals surface area (Å²) in [5.41, 5.74) is 1.31. The van der Waals surface area contributed by atoms with E-state index < -0.39 is 0 Å². The summed E-state index contributed by atoms with van der Waals surface area (Å²) in [6.07, 6.45) is 2.02. The molecule has 102 valence electrons. The van der Waals surface area contributed by atoms with Gasteiger partial charge < -0.3 is 5.32 Å². The zero-order chi connectivity index (χ0) is 13.7. The number of hydrogen-bond donors (Lipinski definition) is 1. The van der Waals surface area contributed by atoms with Gasteiger partial charge in [-0.05, 0) is 17.9 Å². The molecule has 0 aliphatic heterocycles. The molecule has 0 amide bonds. The molecule has 0 aliphatic rings. The lowest BCUT2D eigenvalue weighted by Crippen LogP contribution is -2.22. The average molecular weight is 312 g/mol. The Morgan fingerprint density at radius 2 is 1.95 bits per heavy atom. The van der Waals surface area contributed by atoms with Crippen LogP contribution in [0.25, 0.3) is 0 Å². The molecule has 0 unspecified atom stereocenters. The quantitative estimate of drug-likeness (QED) is 0.819. The second-order valence-corrected chi connectivity index (χ2v) is 7.60. The summed E-state index contributed by atoms with van der Waals surface area (Å²) in [4.78, 5) is 1.25. The van der Waals surface area contributed by atoms with Gasteiger partial charge >= 0.3 is 0 Å². The van der Waals surface area contributed by atoms with Gasteiger partial charge in [0.1, 0.15) is 0 Å². The monoisotopic (exact) mass is 311 g/mol. The van der Waals surface area contributed by atoms with Gasteiger partial charge in [0, 0.05) is 17.5 Å². The Labute approximate surface area is 126 Å². The first-order valence-electron chi connectivity index (χ1n) is 6.05. The fourth-order valence-electron chi connectivity index (χ4n) is 1.48. The SMILES string of the molecule is CSc1nnc(Sc2ccccc2CNC(C)C)s1. The Morgan fingerprint density at radius 1 is 1.21 bits per heavy atom. The van der Waals surface area contributed by atoms with Crippen LogP contribution in [0.3, 0.4) is 0 Å². The number of aromatic nitrogens is 2. The first kappa shape index (κ1) is 14.8. The molecule has 19 heavy (non-hydrogen) atoms. The summed E-state index contributed by atoms with van der Waals surface area (Å²) >= 11 is 4.98. The second kappa shape index (κ2) is 7.28. The van der Waals surface area contributed by atoms with Crippen molar-refractivity contribution in [1.29, 1.82) is 0 Å². The lowest BCUT2D eigenvalue weighted by molar-refractivity contribution is 0.585. The molecule has 1 aromatic carbocycles. The molecule has 1 N–H and O–H groups in total. The fraction of sp³-hybridized carbons (Fsp3) is 0.385. The van der Waals surface area contributed by atoms with Gasteiger partial charge in [-0.1, -0.05) is 66.9 Å². The molecule has 0 saturated carbocycles. The van der Waals surface area contributed by atoms with Gasteiger partial charge in [-0.2, -0.15) is 0 Å².